The summed E-state index contributed by atoms with van der Waals surface area (Å²) in [6, 6.07) is 15.9. The Bertz CT molecular complexity index is 810. The standard InChI is InChI=1S/C22H22/c1-22(2,3)21-10-6-9-19(21)17-12-11-16-13-15-7-4-5-8-18(15)20(16)14-17/h4-8,10-12,14H,9,13H2,1-3H3. The second-order valence-corrected chi connectivity index (χ2v) is 7.45. The highest BCUT2D eigenvalue weighted by atomic mass is 14.3. The maximum absolute atomic E-state index is 2.41. The summed E-state index contributed by atoms with van der Waals surface area (Å²) in [6.45, 7) is 6.92. The van der Waals surface area contributed by atoms with Crippen molar-refractivity contribution in [2.24, 2.45) is 5.41 Å². The fraction of sp³-hybridized carbons (Fsp3) is 0.273. The molecule has 2 aliphatic carbocycles. The SMILES string of the molecule is CC(C)(C)C1=C(c2ccc3c(c2)-c2ccccc2C3)CC=C1. The smallest absolute Gasteiger partial charge is 0.00134 e. The molecule has 0 fully saturated rings. The van der Waals surface area contributed by atoms with Crippen LogP contribution in [-0.4, -0.2) is 0 Å². The summed E-state index contributed by atoms with van der Waals surface area (Å²) in [5.41, 5.74) is 10.4. The van der Waals surface area contributed by atoms with E-state index in [1.807, 2.05) is 0 Å². The number of rotatable bonds is 1. The van der Waals surface area contributed by atoms with Crippen LogP contribution in [0.1, 0.15) is 43.9 Å². The van der Waals surface area contributed by atoms with E-state index in [4.69, 9.17) is 0 Å². The third kappa shape index (κ3) is 2.06. The molecule has 0 radical (unpaired) electrons. The van der Waals surface area contributed by atoms with E-state index in [1.165, 1.54) is 39.0 Å². The molecular weight excluding hydrogens is 264 g/mol. The Balaban J connectivity index is 1.85. The van der Waals surface area contributed by atoms with Crippen molar-refractivity contribution in [3.63, 3.8) is 0 Å². The number of benzene rings is 2. The second kappa shape index (κ2) is 4.71. The van der Waals surface area contributed by atoms with Crippen molar-refractivity contribution in [2.45, 2.75) is 33.6 Å². The van der Waals surface area contributed by atoms with Gasteiger partial charge < -0.3 is 0 Å². The molecule has 0 amide bonds. The molecule has 0 aromatic heterocycles. The molecule has 0 N–H and O–H groups in total. The number of allylic oxidation sites excluding steroid dienone is 4. The molecule has 0 heterocycles. The van der Waals surface area contributed by atoms with Gasteiger partial charge in [0.2, 0.25) is 0 Å². The van der Waals surface area contributed by atoms with Crippen LogP contribution in [0.5, 0.6) is 0 Å². The molecule has 2 aromatic carbocycles. The van der Waals surface area contributed by atoms with Gasteiger partial charge in [0.15, 0.2) is 0 Å². The molecule has 4 rings (SSSR count). The van der Waals surface area contributed by atoms with Gasteiger partial charge in [-0.05, 0) is 63.3 Å². The third-order valence-electron chi connectivity index (χ3n) is 4.89. The Morgan fingerprint density at radius 2 is 1.64 bits per heavy atom. The molecule has 2 aliphatic rings. The Kier molecular flexibility index (Phi) is 2.91. The highest BCUT2D eigenvalue weighted by Gasteiger charge is 2.24. The Morgan fingerprint density at radius 3 is 2.45 bits per heavy atom. The average molecular weight is 286 g/mol. The van der Waals surface area contributed by atoms with Gasteiger partial charge in [-0.15, -0.1) is 0 Å². The van der Waals surface area contributed by atoms with E-state index in [1.54, 1.807) is 0 Å². The van der Waals surface area contributed by atoms with Crippen molar-refractivity contribution in [2.75, 3.05) is 0 Å². The lowest BCUT2D eigenvalue weighted by atomic mass is 9.82. The zero-order chi connectivity index (χ0) is 15.3. The first-order chi connectivity index (χ1) is 10.5. The highest BCUT2D eigenvalue weighted by Crippen LogP contribution is 2.42. The van der Waals surface area contributed by atoms with Gasteiger partial charge >= 0.3 is 0 Å². The van der Waals surface area contributed by atoms with E-state index >= 15 is 0 Å². The second-order valence-electron chi connectivity index (χ2n) is 7.45. The van der Waals surface area contributed by atoms with Crippen LogP contribution in [0, 0.1) is 5.41 Å². The Hall–Kier alpha value is -2.08. The minimum Gasteiger partial charge on any atom is -0.0798 e. The van der Waals surface area contributed by atoms with Gasteiger partial charge in [0.25, 0.3) is 0 Å². The topological polar surface area (TPSA) is 0 Å². The molecule has 110 valence electrons. The van der Waals surface area contributed by atoms with Gasteiger partial charge in [0, 0.05) is 0 Å². The largest absolute Gasteiger partial charge is 0.0798 e. The van der Waals surface area contributed by atoms with Crippen molar-refractivity contribution >= 4 is 5.57 Å². The summed E-state index contributed by atoms with van der Waals surface area (Å²) in [5, 5.41) is 0. The van der Waals surface area contributed by atoms with E-state index < -0.39 is 0 Å². The first-order valence-electron chi connectivity index (χ1n) is 8.16. The number of hydrogen-bond acceptors (Lipinski definition) is 0. The lowest BCUT2D eigenvalue weighted by Gasteiger charge is -2.22. The summed E-state index contributed by atoms with van der Waals surface area (Å²) in [7, 11) is 0. The normalized spacial score (nSPS) is 16.1. The number of hydrogen-bond donors (Lipinski definition) is 0. The molecule has 0 atom stereocenters. The Labute approximate surface area is 133 Å². The van der Waals surface area contributed by atoms with E-state index in [0.717, 1.165) is 12.8 Å². The molecule has 0 spiro atoms. The average Bonchev–Trinajstić information content (AvgIpc) is 3.10. The third-order valence-corrected chi connectivity index (χ3v) is 4.89. The van der Waals surface area contributed by atoms with Gasteiger partial charge in [-0.3, -0.25) is 0 Å². The van der Waals surface area contributed by atoms with E-state index in [2.05, 4.69) is 75.4 Å². The molecule has 0 unspecified atom stereocenters. The first-order valence-corrected chi connectivity index (χ1v) is 8.16. The minimum atomic E-state index is 0.208. The summed E-state index contributed by atoms with van der Waals surface area (Å²) in [4.78, 5) is 0. The van der Waals surface area contributed by atoms with Crippen molar-refractivity contribution in [1.82, 2.24) is 0 Å². The first kappa shape index (κ1) is 13.6. The van der Waals surface area contributed by atoms with Crippen molar-refractivity contribution in [3.8, 4) is 11.1 Å². The lowest BCUT2D eigenvalue weighted by Crippen LogP contribution is -2.08. The van der Waals surface area contributed by atoms with Crippen LogP contribution in [0.4, 0.5) is 0 Å². The summed E-state index contributed by atoms with van der Waals surface area (Å²) < 4.78 is 0. The molecule has 0 saturated heterocycles. The molecule has 0 saturated carbocycles. The van der Waals surface area contributed by atoms with Crippen LogP contribution in [0.2, 0.25) is 0 Å². The summed E-state index contributed by atoms with van der Waals surface area (Å²) >= 11 is 0. The fourth-order valence-electron chi connectivity index (χ4n) is 3.79. The molecule has 22 heavy (non-hydrogen) atoms. The minimum absolute atomic E-state index is 0.208. The van der Waals surface area contributed by atoms with Crippen molar-refractivity contribution < 1.29 is 0 Å². The van der Waals surface area contributed by atoms with Gasteiger partial charge in [-0.1, -0.05) is 69.3 Å². The summed E-state index contributed by atoms with van der Waals surface area (Å²) in [5.74, 6) is 0. The lowest BCUT2D eigenvalue weighted by molar-refractivity contribution is 0.520. The van der Waals surface area contributed by atoms with Crippen molar-refractivity contribution in [3.05, 3.63) is 76.9 Å². The molecule has 0 nitrogen and oxygen atoms in total. The van der Waals surface area contributed by atoms with Crippen LogP contribution < -0.4 is 0 Å². The van der Waals surface area contributed by atoms with E-state index in [0.29, 0.717) is 0 Å². The van der Waals surface area contributed by atoms with Gasteiger partial charge in [0.1, 0.15) is 0 Å². The maximum atomic E-state index is 2.41. The predicted octanol–water partition coefficient (Wildman–Crippen LogP) is 6.02. The van der Waals surface area contributed by atoms with E-state index in [-0.39, 0.29) is 5.41 Å². The fourth-order valence-corrected chi connectivity index (χ4v) is 3.79. The molecule has 0 aliphatic heterocycles. The van der Waals surface area contributed by atoms with E-state index in [9.17, 15) is 0 Å². The molecule has 0 heteroatoms. The van der Waals surface area contributed by atoms with Gasteiger partial charge in [0.05, 0.1) is 0 Å². The van der Waals surface area contributed by atoms with Crippen LogP contribution in [-0.2, 0) is 6.42 Å². The zero-order valence-corrected chi connectivity index (χ0v) is 13.6. The highest BCUT2D eigenvalue weighted by molar-refractivity contribution is 5.83. The van der Waals surface area contributed by atoms with Crippen LogP contribution in [0.15, 0.2) is 60.2 Å². The van der Waals surface area contributed by atoms with Crippen LogP contribution in [0.3, 0.4) is 0 Å². The van der Waals surface area contributed by atoms with Crippen molar-refractivity contribution in [1.29, 1.82) is 0 Å². The molecule has 2 aromatic rings. The zero-order valence-electron chi connectivity index (χ0n) is 13.6. The monoisotopic (exact) mass is 286 g/mol. The molecule has 0 bridgehead atoms. The maximum Gasteiger partial charge on any atom is -0.00134 e. The van der Waals surface area contributed by atoms with Crippen LogP contribution >= 0.6 is 0 Å². The predicted molar refractivity (Wildman–Crippen MR) is 94.8 cm³/mol. The van der Waals surface area contributed by atoms with Gasteiger partial charge in [-0.25, -0.2) is 0 Å². The molecular formula is C22H22. The Morgan fingerprint density at radius 1 is 0.864 bits per heavy atom. The number of fused-ring (bicyclic) bond motifs is 3. The summed E-state index contributed by atoms with van der Waals surface area (Å²) in [6.07, 6.45) is 6.76. The quantitative estimate of drug-likeness (QED) is 0.513. The van der Waals surface area contributed by atoms with Gasteiger partial charge in [-0.2, -0.15) is 0 Å². The van der Waals surface area contributed by atoms with Crippen LogP contribution in [0.25, 0.3) is 16.7 Å².